The molecular weight excluding hydrogens is 112 g/mol. The Morgan fingerprint density at radius 2 is 2.44 bits per heavy atom. The molecule has 0 aromatic rings. The highest BCUT2D eigenvalue weighted by Gasteiger charge is 2.16. The van der Waals surface area contributed by atoms with Crippen molar-refractivity contribution in [3.8, 4) is 0 Å². The van der Waals surface area contributed by atoms with Crippen LogP contribution in [0, 0.1) is 0 Å². The Balaban J connectivity index is 2.51. The maximum absolute atomic E-state index is 5.66. The lowest BCUT2D eigenvalue weighted by atomic mass is 10.0. The highest BCUT2D eigenvalue weighted by atomic mass is 15.4. The Hall–Kier alpha value is -0.500. The van der Waals surface area contributed by atoms with E-state index in [1.54, 1.807) is 5.01 Å². The SMILES string of the molecule is C=C1CCCC(C)N1N. The van der Waals surface area contributed by atoms with Crippen LogP contribution in [0.4, 0.5) is 0 Å². The smallest absolute Gasteiger partial charge is 0.0420 e. The van der Waals surface area contributed by atoms with E-state index in [4.69, 9.17) is 5.84 Å². The molecule has 1 rings (SSSR count). The molecule has 0 aromatic heterocycles. The van der Waals surface area contributed by atoms with Crippen molar-refractivity contribution in [3.05, 3.63) is 12.3 Å². The highest BCUT2D eigenvalue weighted by molar-refractivity contribution is 4.96. The van der Waals surface area contributed by atoms with Crippen LogP contribution in [0.2, 0.25) is 0 Å². The first-order chi connectivity index (χ1) is 4.22. The molecule has 0 saturated carbocycles. The standard InChI is InChI=1S/C7H14N2/c1-6-4-3-5-7(2)9(6)8/h7H,1,3-5,8H2,2H3. The van der Waals surface area contributed by atoms with Gasteiger partial charge in [0.15, 0.2) is 0 Å². The summed E-state index contributed by atoms with van der Waals surface area (Å²) in [7, 11) is 0. The average Bonchev–Trinajstić information content (AvgIpc) is 1.83. The molecule has 0 spiro atoms. The molecule has 2 N–H and O–H groups in total. The van der Waals surface area contributed by atoms with E-state index in [-0.39, 0.29) is 0 Å². The quantitative estimate of drug-likeness (QED) is 0.495. The lowest BCUT2D eigenvalue weighted by Gasteiger charge is -2.32. The van der Waals surface area contributed by atoms with Gasteiger partial charge in [-0.3, -0.25) is 0 Å². The Labute approximate surface area is 56.3 Å². The van der Waals surface area contributed by atoms with Crippen molar-refractivity contribution in [1.29, 1.82) is 0 Å². The monoisotopic (exact) mass is 126 g/mol. The predicted molar refractivity (Wildman–Crippen MR) is 38.5 cm³/mol. The van der Waals surface area contributed by atoms with Gasteiger partial charge >= 0.3 is 0 Å². The van der Waals surface area contributed by atoms with E-state index >= 15 is 0 Å². The minimum atomic E-state index is 0.492. The van der Waals surface area contributed by atoms with E-state index < -0.39 is 0 Å². The fraction of sp³-hybridized carbons (Fsp3) is 0.714. The van der Waals surface area contributed by atoms with Crippen LogP contribution in [0.15, 0.2) is 12.3 Å². The van der Waals surface area contributed by atoms with Crippen molar-refractivity contribution in [2.24, 2.45) is 5.84 Å². The van der Waals surface area contributed by atoms with Gasteiger partial charge in [0.2, 0.25) is 0 Å². The normalized spacial score (nSPS) is 28.9. The lowest BCUT2D eigenvalue weighted by molar-refractivity contribution is 0.220. The second-order valence-electron chi connectivity index (χ2n) is 2.71. The Morgan fingerprint density at radius 1 is 1.78 bits per heavy atom. The van der Waals surface area contributed by atoms with Gasteiger partial charge in [0, 0.05) is 11.7 Å². The third kappa shape index (κ3) is 1.24. The number of hydrogen-bond donors (Lipinski definition) is 1. The summed E-state index contributed by atoms with van der Waals surface area (Å²) < 4.78 is 0. The third-order valence-corrected chi connectivity index (χ3v) is 1.93. The summed E-state index contributed by atoms with van der Waals surface area (Å²) in [5.74, 6) is 5.66. The fourth-order valence-electron chi connectivity index (χ4n) is 1.18. The van der Waals surface area contributed by atoms with Crippen LogP contribution in [-0.4, -0.2) is 11.1 Å². The molecule has 0 radical (unpaired) electrons. The molecule has 9 heavy (non-hydrogen) atoms. The van der Waals surface area contributed by atoms with Crippen molar-refractivity contribution in [2.45, 2.75) is 32.2 Å². The van der Waals surface area contributed by atoms with Gasteiger partial charge in [0.25, 0.3) is 0 Å². The third-order valence-electron chi connectivity index (χ3n) is 1.93. The van der Waals surface area contributed by atoms with Gasteiger partial charge < -0.3 is 5.01 Å². The first kappa shape index (κ1) is 6.62. The molecule has 2 nitrogen and oxygen atoms in total. The minimum absolute atomic E-state index is 0.492. The molecule has 0 bridgehead atoms. The summed E-state index contributed by atoms with van der Waals surface area (Å²) >= 11 is 0. The number of rotatable bonds is 0. The second kappa shape index (κ2) is 2.40. The zero-order chi connectivity index (χ0) is 6.85. The largest absolute Gasteiger partial charge is 0.313 e. The summed E-state index contributed by atoms with van der Waals surface area (Å²) in [4.78, 5) is 0. The van der Waals surface area contributed by atoms with Crippen LogP contribution in [-0.2, 0) is 0 Å². The van der Waals surface area contributed by atoms with Crippen molar-refractivity contribution in [2.75, 3.05) is 0 Å². The van der Waals surface area contributed by atoms with Gasteiger partial charge in [0.05, 0.1) is 0 Å². The molecule has 1 aliphatic rings. The summed E-state index contributed by atoms with van der Waals surface area (Å²) in [6, 6.07) is 0.492. The number of allylic oxidation sites excluding steroid dienone is 1. The lowest BCUT2D eigenvalue weighted by Crippen LogP contribution is -2.40. The summed E-state index contributed by atoms with van der Waals surface area (Å²) in [5.41, 5.74) is 1.08. The van der Waals surface area contributed by atoms with Gasteiger partial charge in [-0.1, -0.05) is 6.58 Å². The molecule has 1 heterocycles. The zero-order valence-electron chi connectivity index (χ0n) is 5.93. The van der Waals surface area contributed by atoms with Crippen molar-refractivity contribution < 1.29 is 0 Å². The first-order valence-corrected chi connectivity index (χ1v) is 3.43. The maximum Gasteiger partial charge on any atom is 0.0420 e. The average molecular weight is 126 g/mol. The van der Waals surface area contributed by atoms with Crippen LogP contribution < -0.4 is 5.84 Å². The molecule has 0 aliphatic carbocycles. The van der Waals surface area contributed by atoms with Gasteiger partial charge in [-0.2, -0.15) is 0 Å². The fourth-order valence-corrected chi connectivity index (χ4v) is 1.18. The predicted octanol–water partition coefficient (Wildman–Crippen LogP) is 1.25. The maximum atomic E-state index is 5.66. The second-order valence-corrected chi connectivity index (χ2v) is 2.71. The molecule has 1 atom stereocenters. The molecular formula is C7H14N2. The van der Waals surface area contributed by atoms with Crippen molar-refractivity contribution in [1.82, 2.24) is 5.01 Å². The van der Waals surface area contributed by atoms with E-state index in [1.807, 2.05) is 0 Å². The molecule has 0 amide bonds. The Kier molecular flexibility index (Phi) is 1.76. The first-order valence-electron chi connectivity index (χ1n) is 3.43. The molecule has 2 heteroatoms. The van der Waals surface area contributed by atoms with E-state index in [2.05, 4.69) is 13.5 Å². The molecule has 1 saturated heterocycles. The van der Waals surface area contributed by atoms with E-state index in [0.717, 1.165) is 12.1 Å². The highest BCUT2D eigenvalue weighted by Crippen LogP contribution is 2.20. The minimum Gasteiger partial charge on any atom is -0.313 e. The van der Waals surface area contributed by atoms with Gasteiger partial charge in [-0.05, 0) is 26.2 Å². The van der Waals surface area contributed by atoms with Crippen LogP contribution >= 0.6 is 0 Å². The van der Waals surface area contributed by atoms with Gasteiger partial charge in [-0.15, -0.1) is 0 Å². The van der Waals surface area contributed by atoms with Crippen LogP contribution in [0.25, 0.3) is 0 Å². The van der Waals surface area contributed by atoms with E-state index in [9.17, 15) is 0 Å². The molecule has 1 unspecified atom stereocenters. The molecule has 1 aliphatic heterocycles. The van der Waals surface area contributed by atoms with Crippen LogP contribution in [0.3, 0.4) is 0 Å². The topological polar surface area (TPSA) is 29.3 Å². The number of nitrogens with zero attached hydrogens (tertiary/aromatic N) is 1. The van der Waals surface area contributed by atoms with Gasteiger partial charge in [0.1, 0.15) is 0 Å². The molecule has 52 valence electrons. The van der Waals surface area contributed by atoms with Crippen molar-refractivity contribution in [3.63, 3.8) is 0 Å². The zero-order valence-corrected chi connectivity index (χ0v) is 5.93. The van der Waals surface area contributed by atoms with Crippen molar-refractivity contribution >= 4 is 0 Å². The molecule has 1 fully saturated rings. The summed E-state index contributed by atoms with van der Waals surface area (Å²) in [6.07, 6.45) is 3.52. The van der Waals surface area contributed by atoms with Crippen LogP contribution in [0.1, 0.15) is 26.2 Å². The van der Waals surface area contributed by atoms with E-state index in [0.29, 0.717) is 6.04 Å². The number of hydrazine groups is 1. The molecule has 0 aromatic carbocycles. The number of hydrogen-bond acceptors (Lipinski definition) is 2. The summed E-state index contributed by atoms with van der Waals surface area (Å²) in [6.45, 7) is 5.98. The number of piperidine rings is 1. The van der Waals surface area contributed by atoms with E-state index in [1.165, 1.54) is 12.8 Å². The van der Waals surface area contributed by atoms with Crippen LogP contribution in [0.5, 0.6) is 0 Å². The van der Waals surface area contributed by atoms with Gasteiger partial charge in [-0.25, -0.2) is 5.84 Å². The number of nitrogens with two attached hydrogens (primary N) is 1. The Bertz CT molecular complexity index is 120. The Morgan fingerprint density at radius 3 is 2.89 bits per heavy atom. The summed E-state index contributed by atoms with van der Waals surface area (Å²) in [5, 5.41) is 1.78.